The molecular formula is C50H58N4O6. The lowest BCUT2D eigenvalue weighted by Gasteiger charge is -2.25. The van der Waals surface area contributed by atoms with E-state index in [9.17, 15) is 29.7 Å². The number of aliphatic carboxylic acids is 3. The van der Waals surface area contributed by atoms with Crippen molar-refractivity contribution in [2.75, 3.05) is 39.3 Å². The van der Waals surface area contributed by atoms with Gasteiger partial charge in [0.1, 0.15) is 0 Å². The molecule has 0 spiro atoms. The molecule has 10 nitrogen and oxygen atoms in total. The van der Waals surface area contributed by atoms with E-state index in [4.69, 9.17) is 0 Å². The second-order valence-electron chi connectivity index (χ2n) is 17.6. The van der Waals surface area contributed by atoms with Crippen LogP contribution in [0.1, 0.15) is 52.6 Å². The third kappa shape index (κ3) is 9.90. The van der Waals surface area contributed by atoms with Crippen LogP contribution in [0.3, 0.4) is 0 Å². The highest BCUT2D eigenvalue weighted by Crippen LogP contribution is 2.31. The fraction of sp³-hybridized carbons (Fsp3) is 0.420. The maximum atomic E-state index is 12.5. The normalized spacial score (nSPS) is 20.8. The van der Waals surface area contributed by atoms with Gasteiger partial charge in [-0.05, 0) is 150 Å². The molecule has 0 saturated carbocycles. The molecule has 0 radical (unpaired) electrons. The molecule has 6 atom stereocenters. The van der Waals surface area contributed by atoms with E-state index in [1.165, 1.54) is 0 Å². The van der Waals surface area contributed by atoms with Crippen LogP contribution in [0.5, 0.6) is 0 Å². The van der Waals surface area contributed by atoms with Gasteiger partial charge in [-0.2, -0.15) is 0 Å². The molecular weight excluding hydrogens is 753 g/mol. The van der Waals surface area contributed by atoms with Crippen LogP contribution in [0.2, 0.25) is 0 Å². The van der Waals surface area contributed by atoms with Gasteiger partial charge >= 0.3 is 17.9 Å². The lowest BCUT2D eigenvalue weighted by atomic mass is 9.85. The van der Waals surface area contributed by atoms with Gasteiger partial charge in [0.15, 0.2) is 0 Å². The van der Waals surface area contributed by atoms with Crippen molar-refractivity contribution in [3.05, 3.63) is 130 Å². The van der Waals surface area contributed by atoms with Gasteiger partial charge in [0, 0.05) is 19.6 Å². The van der Waals surface area contributed by atoms with Gasteiger partial charge in [-0.1, -0.05) is 97.1 Å². The Hall–Kier alpha value is -5.13. The van der Waals surface area contributed by atoms with E-state index in [2.05, 4.69) is 106 Å². The first-order valence-electron chi connectivity index (χ1n) is 21.8. The molecule has 5 aromatic rings. The van der Waals surface area contributed by atoms with Gasteiger partial charge in [0.05, 0.1) is 17.8 Å². The summed E-state index contributed by atoms with van der Waals surface area (Å²) >= 11 is 0. The number of benzene rings is 5. The summed E-state index contributed by atoms with van der Waals surface area (Å²) in [5.41, 5.74) is 6.46. The minimum Gasteiger partial charge on any atom is -0.481 e. The summed E-state index contributed by atoms with van der Waals surface area (Å²) in [6.07, 6.45) is 4.05. The molecule has 8 rings (SSSR count). The zero-order chi connectivity index (χ0) is 41.6. The minimum atomic E-state index is -0.745. The van der Waals surface area contributed by atoms with E-state index in [0.717, 1.165) is 113 Å². The van der Waals surface area contributed by atoms with Crippen molar-refractivity contribution in [3.63, 3.8) is 0 Å². The van der Waals surface area contributed by atoms with E-state index < -0.39 is 35.7 Å². The number of rotatable bonds is 18. The van der Waals surface area contributed by atoms with Crippen molar-refractivity contribution in [1.29, 1.82) is 0 Å². The number of carboxylic acid groups (broad SMARTS) is 3. The van der Waals surface area contributed by atoms with Crippen LogP contribution < -0.4 is 16.0 Å². The predicted molar refractivity (Wildman–Crippen MR) is 235 cm³/mol. The van der Waals surface area contributed by atoms with Gasteiger partial charge in [-0.3, -0.25) is 19.3 Å². The van der Waals surface area contributed by atoms with Crippen molar-refractivity contribution in [1.82, 2.24) is 20.9 Å². The number of nitrogens with one attached hydrogen (secondary N) is 3. The van der Waals surface area contributed by atoms with Crippen LogP contribution in [0, 0.1) is 35.5 Å². The number of carboxylic acids is 3. The van der Waals surface area contributed by atoms with Gasteiger partial charge < -0.3 is 31.3 Å². The molecule has 0 unspecified atom stereocenters. The minimum absolute atomic E-state index is 0.108. The van der Waals surface area contributed by atoms with Gasteiger partial charge in [-0.25, -0.2) is 0 Å². The lowest BCUT2D eigenvalue weighted by molar-refractivity contribution is -0.144. The monoisotopic (exact) mass is 810 g/mol. The second kappa shape index (κ2) is 19.1. The maximum absolute atomic E-state index is 12.5. The highest BCUT2D eigenvalue weighted by Gasteiger charge is 2.33. The third-order valence-electron chi connectivity index (χ3n) is 13.6. The maximum Gasteiger partial charge on any atom is 0.307 e. The number of hydrogen-bond donors (Lipinski definition) is 6. The molecule has 6 N–H and O–H groups in total. The zero-order valence-electron chi connectivity index (χ0n) is 34.3. The number of hydrogen-bond acceptors (Lipinski definition) is 7. The van der Waals surface area contributed by atoms with Gasteiger partial charge in [0.2, 0.25) is 0 Å². The average Bonchev–Trinajstić information content (AvgIpc) is 4.07. The molecule has 0 amide bonds. The Morgan fingerprint density at radius 2 is 0.900 bits per heavy atom. The molecule has 0 aliphatic carbocycles. The van der Waals surface area contributed by atoms with Crippen LogP contribution in [0.15, 0.2) is 97.1 Å². The van der Waals surface area contributed by atoms with Crippen molar-refractivity contribution >= 4 is 39.5 Å². The summed E-state index contributed by atoms with van der Waals surface area (Å²) in [6, 6.07) is 33.9. The number of nitrogens with zero attached hydrogens (tertiary/aromatic N) is 1. The largest absolute Gasteiger partial charge is 0.481 e. The Labute approximate surface area is 352 Å². The quantitative estimate of drug-likeness (QED) is 0.0561. The summed E-state index contributed by atoms with van der Waals surface area (Å²) in [7, 11) is 0. The second-order valence-corrected chi connectivity index (χ2v) is 17.6. The van der Waals surface area contributed by atoms with Crippen LogP contribution in [-0.2, 0) is 53.3 Å². The highest BCUT2D eigenvalue weighted by atomic mass is 16.4. The smallest absolute Gasteiger partial charge is 0.307 e. The summed E-state index contributed by atoms with van der Waals surface area (Å²) in [6.45, 7) is 6.61. The standard InChI is InChI=1S/C50H58N4O6/c55-48(56)45(38-14-17-51-26-38)23-32-4-1-5-35(20-32)29-54(30-41-8-2-6-36-12-10-33(21-43(36)41)24-46(49(57)58)39-15-18-52-27-39)31-42-9-3-7-37-13-11-34(22-44(37)42)25-47(50(59)60)40-16-19-53-28-40/h1-13,20-22,38-40,45-47,51-53H,14-19,23-31H2,(H,55,56)(H,57,58)(H,59,60)/t38-,39-,40-,45-,46-,47+/m0/s1. The molecule has 3 heterocycles. The summed E-state index contributed by atoms with van der Waals surface area (Å²) in [5, 5.41) is 45.1. The molecule has 10 heteroatoms. The van der Waals surface area contributed by atoms with Crippen molar-refractivity contribution in [2.45, 2.75) is 58.2 Å². The molecule has 60 heavy (non-hydrogen) atoms. The fourth-order valence-electron chi connectivity index (χ4n) is 10.3. The van der Waals surface area contributed by atoms with Crippen molar-refractivity contribution < 1.29 is 29.7 Å². The molecule has 3 saturated heterocycles. The van der Waals surface area contributed by atoms with Gasteiger partial charge in [-0.15, -0.1) is 0 Å². The SMILES string of the molecule is O=C(O)[C@@H](Cc1cccc(CN(Cc2cccc3ccc(C[C@H](C(=O)O)[C@H]4CCNC4)cc23)Cc2cccc3ccc(C[C@@H](C(=O)O)[C@H]4CCNC4)cc23)c1)[C@H]1CCNC1. The molecule has 3 fully saturated rings. The van der Waals surface area contributed by atoms with E-state index in [1.807, 2.05) is 12.1 Å². The van der Waals surface area contributed by atoms with Crippen LogP contribution in [-0.4, -0.2) is 77.4 Å². The first-order valence-corrected chi connectivity index (χ1v) is 21.8. The summed E-state index contributed by atoms with van der Waals surface area (Å²) in [4.78, 5) is 39.8. The Morgan fingerprint density at radius 1 is 0.500 bits per heavy atom. The topological polar surface area (TPSA) is 151 Å². The Morgan fingerprint density at radius 3 is 1.30 bits per heavy atom. The van der Waals surface area contributed by atoms with E-state index >= 15 is 0 Å². The highest BCUT2D eigenvalue weighted by molar-refractivity contribution is 5.88. The van der Waals surface area contributed by atoms with E-state index in [0.29, 0.717) is 38.9 Å². The Kier molecular flexibility index (Phi) is 13.2. The summed E-state index contributed by atoms with van der Waals surface area (Å²) < 4.78 is 0. The predicted octanol–water partition coefficient (Wildman–Crippen LogP) is 6.75. The number of fused-ring (bicyclic) bond motifs is 2. The summed E-state index contributed by atoms with van der Waals surface area (Å²) in [5.74, 6) is -3.25. The van der Waals surface area contributed by atoms with E-state index in [-0.39, 0.29) is 17.8 Å². The van der Waals surface area contributed by atoms with Gasteiger partial charge in [0.25, 0.3) is 0 Å². The van der Waals surface area contributed by atoms with Crippen molar-refractivity contribution in [2.24, 2.45) is 35.5 Å². The fourth-order valence-corrected chi connectivity index (χ4v) is 10.3. The first-order chi connectivity index (χ1) is 29.2. The lowest BCUT2D eigenvalue weighted by Crippen LogP contribution is -2.27. The average molecular weight is 811 g/mol. The molecule has 0 bridgehead atoms. The molecule has 3 aliphatic rings. The molecule has 0 aromatic heterocycles. The van der Waals surface area contributed by atoms with E-state index in [1.54, 1.807) is 0 Å². The first kappa shape index (κ1) is 41.6. The Bertz CT molecular complexity index is 2190. The van der Waals surface area contributed by atoms with Crippen LogP contribution in [0.4, 0.5) is 0 Å². The molecule has 5 aromatic carbocycles. The molecule has 3 aliphatic heterocycles. The third-order valence-corrected chi connectivity index (χ3v) is 13.6. The number of carbonyl (C=O) groups is 3. The van der Waals surface area contributed by atoms with Crippen LogP contribution in [0.25, 0.3) is 21.5 Å². The Balaban J connectivity index is 1.12. The van der Waals surface area contributed by atoms with Crippen LogP contribution >= 0.6 is 0 Å². The van der Waals surface area contributed by atoms with Crippen molar-refractivity contribution in [3.8, 4) is 0 Å². The molecule has 314 valence electrons. The zero-order valence-corrected chi connectivity index (χ0v) is 34.3.